The zero-order valence-corrected chi connectivity index (χ0v) is 11.0. The molecule has 0 saturated carbocycles. The van der Waals surface area contributed by atoms with Gasteiger partial charge in [-0.1, -0.05) is 0 Å². The zero-order valence-electron chi connectivity index (χ0n) is 10.1. The molecule has 4 nitrogen and oxygen atoms in total. The van der Waals surface area contributed by atoms with Crippen LogP contribution in [0.15, 0.2) is 34.1 Å². The number of nitrogens with one attached hydrogen (secondary N) is 1. The van der Waals surface area contributed by atoms with E-state index in [4.69, 9.17) is 4.74 Å². The summed E-state index contributed by atoms with van der Waals surface area (Å²) in [5.74, 6) is -0.588. The third-order valence-corrected chi connectivity index (χ3v) is 3.31. The number of esters is 1. The molecule has 94 valence electrons. The average molecular weight is 263 g/mol. The fourth-order valence-electron chi connectivity index (χ4n) is 1.69. The Morgan fingerprint density at radius 2 is 2.22 bits per heavy atom. The second kappa shape index (κ2) is 5.27. The first-order valence-electron chi connectivity index (χ1n) is 5.54. The van der Waals surface area contributed by atoms with Crippen LogP contribution in [0.4, 0.5) is 0 Å². The number of aromatic nitrogens is 1. The van der Waals surface area contributed by atoms with Gasteiger partial charge in [0.25, 0.3) is 0 Å². The normalized spacial score (nSPS) is 10.6. The maximum Gasteiger partial charge on any atom is 0.343 e. The smallest absolute Gasteiger partial charge is 0.343 e. The van der Waals surface area contributed by atoms with Gasteiger partial charge in [0.05, 0.1) is 6.61 Å². The van der Waals surface area contributed by atoms with Crippen LogP contribution in [0, 0.1) is 0 Å². The predicted molar refractivity (Wildman–Crippen MR) is 72.3 cm³/mol. The topological polar surface area (TPSA) is 59.2 Å². The number of H-pyrrole nitrogens is 1. The third kappa shape index (κ3) is 2.26. The second-order valence-corrected chi connectivity index (χ2v) is 4.54. The Bertz CT molecular complexity index is 648. The van der Waals surface area contributed by atoms with Gasteiger partial charge >= 0.3 is 5.97 Å². The number of carbonyl (C=O) groups excluding carboxylic acids is 1. The maximum atomic E-state index is 12.2. The second-order valence-electron chi connectivity index (χ2n) is 3.66. The van der Waals surface area contributed by atoms with E-state index in [1.54, 1.807) is 24.8 Å². The number of hydrogen-bond donors (Lipinski definition) is 1. The number of rotatable bonds is 3. The van der Waals surface area contributed by atoms with Crippen LogP contribution in [0.3, 0.4) is 0 Å². The summed E-state index contributed by atoms with van der Waals surface area (Å²) in [6.45, 7) is 1.96. The Kier molecular flexibility index (Phi) is 3.72. The molecule has 0 unspecified atom stereocenters. The van der Waals surface area contributed by atoms with Crippen molar-refractivity contribution >= 4 is 28.6 Å². The molecule has 0 radical (unpaired) electrons. The quantitative estimate of drug-likeness (QED) is 0.682. The highest BCUT2D eigenvalue weighted by molar-refractivity contribution is 7.98. The monoisotopic (exact) mass is 263 g/mol. The van der Waals surface area contributed by atoms with E-state index in [2.05, 4.69) is 4.98 Å². The van der Waals surface area contributed by atoms with Crippen molar-refractivity contribution in [1.29, 1.82) is 0 Å². The Balaban J connectivity index is 2.62. The summed E-state index contributed by atoms with van der Waals surface area (Å²) < 4.78 is 4.85. The molecular weight excluding hydrogens is 250 g/mol. The zero-order chi connectivity index (χ0) is 13.1. The van der Waals surface area contributed by atoms with Crippen molar-refractivity contribution in [2.45, 2.75) is 11.8 Å². The summed E-state index contributed by atoms with van der Waals surface area (Å²) >= 11 is 1.55. The number of fused-ring (bicyclic) bond motifs is 1. The number of ether oxygens (including phenoxy) is 1. The molecule has 0 aliphatic heterocycles. The van der Waals surface area contributed by atoms with Crippen molar-refractivity contribution in [3.8, 4) is 0 Å². The summed E-state index contributed by atoms with van der Waals surface area (Å²) in [4.78, 5) is 27.7. The van der Waals surface area contributed by atoms with Crippen LogP contribution in [-0.2, 0) is 4.74 Å². The molecule has 0 amide bonds. The molecule has 0 spiro atoms. The van der Waals surface area contributed by atoms with Gasteiger partial charge in [-0.2, -0.15) is 0 Å². The summed E-state index contributed by atoms with van der Waals surface area (Å²) in [5.41, 5.74) is 0.464. The van der Waals surface area contributed by atoms with Crippen molar-refractivity contribution < 1.29 is 9.53 Å². The average Bonchev–Trinajstić information content (AvgIpc) is 2.39. The molecule has 0 bridgehead atoms. The van der Waals surface area contributed by atoms with Gasteiger partial charge in [-0.3, -0.25) is 4.79 Å². The fourth-order valence-corrected chi connectivity index (χ4v) is 2.12. The third-order valence-electron chi connectivity index (χ3n) is 2.58. The van der Waals surface area contributed by atoms with Crippen LogP contribution in [0.5, 0.6) is 0 Å². The van der Waals surface area contributed by atoms with Gasteiger partial charge in [-0.05, 0) is 31.4 Å². The molecule has 0 fully saturated rings. The molecule has 18 heavy (non-hydrogen) atoms. The number of carbonyl (C=O) groups is 1. The van der Waals surface area contributed by atoms with Crippen LogP contribution in [-0.4, -0.2) is 23.8 Å². The van der Waals surface area contributed by atoms with Crippen LogP contribution in [0.25, 0.3) is 10.9 Å². The van der Waals surface area contributed by atoms with E-state index >= 15 is 0 Å². The molecule has 1 aromatic carbocycles. The van der Waals surface area contributed by atoms with E-state index in [9.17, 15) is 9.59 Å². The minimum absolute atomic E-state index is 0.0441. The Hall–Kier alpha value is -1.75. The van der Waals surface area contributed by atoms with Crippen molar-refractivity contribution in [3.63, 3.8) is 0 Å². The van der Waals surface area contributed by atoms with Crippen molar-refractivity contribution in [1.82, 2.24) is 4.98 Å². The van der Waals surface area contributed by atoms with E-state index in [1.807, 2.05) is 18.4 Å². The fraction of sp³-hybridized carbons (Fsp3) is 0.231. The van der Waals surface area contributed by atoms with E-state index in [0.29, 0.717) is 10.9 Å². The first-order chi connectivity index (χ1) is 8.67. The molecule has 5 heteroatoms. The summed E-state index contributed by atoms with van der Waals surface area (Å²) in [5, 5.41) is 0.507. The lowest BCUT2D eigenvalue weighted by molar-refractivity contribution is 0.0524. The highest BCUT2D eigenvalue weighted by atomic mass is 32.2. The van der Waals surface area contributed by atoms with Crippen LogP contribution >= 0.6 is 11.8 Å². The highest BCUT2D eigenvalue weighted by Crippen LogP contribution is 2.18. The van der Waals surface area contributed by atoms with Crippen molar-refractivity contribution in [2.75, 3.05) is 12.9 Å². The van der Waals surface area contributed by atoms with E-state index in [1.165, 1.54) is 6.20 Å². The minimum Gasteiger partial charge on any atom is -0.462 e. The molecule has 0 aliphatic rings. The van der Waals surface area contributed by atoms with E-state index in [-0.39, 0.29) is 17.6 Å². The number of hydrogen-bond acceptors (Lipinski definition) is 4. The largest absolute Gasteiger partial charge is 0.462 e. The maximum absolute atomic E-state index is 12.2. The first-order valence-corrected chi connectivity index (χ1v) is 6.76. The van der Waals surface area contributed by atoms with E-state index < -0.39 is 5.97 Å². The summed E-state index contributed by atoms with van der Waals surface area (Å²) in [6, 6.07) is 5.53. The lowest BCUT2D eigenvalue weighted by atomic mass is 10.1. The number of aromatic amines is 1. The molecule has 0 saturated heterocycles. The first kappa shape index (κ1) is 12.7. The Labute approximate surface area is 108 Å². The highest BCUT2D eigenvalue weighted by Gasteiger charge is 2.13. The van der Waals surface area contributed by atoms with Crippen molar-refractivity contribution in [3.05, 3.63) is 40.2 Å². The minimum atomic E-state index is -0.588. The van der Waals surface area contributed by atoms with Gasteiger partial charge in [0.15, 0.2) is 0 Å². The Morgan fingerprint density at radius 3 is 2.89 bits per heavy atom. The summed E-state index contributed by atoms with van der Waals surface area (Å²) in [6.07, 6.45) is 3.34. The van der Waals surface area contributed by atoms with Gasteiger partial charge in [0, 0.05) is 22.0 Å². The standard InChI is InChI=1S/C13H13NO3S/c1-3-17-13(16)10-7-14-11-5-4-8(18-2)6-9(11)12(10)15/h4-7H,3H2,1-2H3,(H,14,15). The van der Waals surface area contributed by atoms with Gasteiger partial charge < -0.3 is 9.72 Å². The van der Waals surface area contributed by atoms with E-state index in [0.717, 1.165) is 4.90 Å². The number of pyridine rings is 1. The molecule has 1 aromatic heterocycles. The van der Waals surface area contributed by atoms with Gasteiger partial charge in [0.1, 0.15) is 5.56 Å². The molecular formula is C13H13NO3S. The Morgan fingerprint density at radius 1 is 1.44 bits per heavy atom. The van der Waals surface area contributed by atoms with Crippen LogP contribution < -0.4 is 5.43 Å². The molecule has 2 rings (SSSR count). The van der Waals surface area contributed by atoms with Gasteiger partial charge in [0.2, 0.25) is 5.43 Å². The number of thioether (sulfide) groups is 1. The summed E-state index contributed by atoms with van der Waals surface area (Å²) in [7, 11) is 0. The molecule has 0 atom stereocenters. The van der Waals surface area contributed by atoms with Gasteiger partial charge in [-0.25, -0.2) is 4.79 Å². The number of benzene rings is 1. The molecule has 0 aliphatic carbocycles. The molecule has 1 heterocycles. The SMILES string of the molecule is CCOC(=O)c1c[nH]c2ccc(SC)cc2c1=O. The lowest BCUT2D eigenvalue weighted by Crippen LogP contribution is -2.18. The van der Waals surface area contributed by atoms with Crippen LogP contribution in [0.2, 0.25) is 0 Å². The van der Waals surface area contributed by atoms with Crippen LogP contribution in [0.1, 0.15) is 17.3 Å². The van der Waals surface area contributed by atoms with Crippen molar-refractivity contribution in [2.24, 2.45) is 0 Å². The molecule has 1 N–H and O–H groups in total. The lowest BCUT2D eigenvalue weighted by Gasteiger charge is -2.04. The predicted octanol–water partition coefficient (Wildman–Crippen LogP) is 2.43. The van der Waals surface area contributed by atoms with Gasteiger partial charge in [-0.15, -0.1) is 11.8 Å². The molecule has 2 aromatic rings.